The van der Waals surface area contributed by atoms with Gasteiger partial charge in [0.2, 0.25) is 6.10 Å². The van der Waals surface area contributed by atoms with E-state index in [1.807, 2.05) is 18.2 Å². The number of para-hydroxylation sites is 2. The molecule has 3 heterocycles. The zero-order valence-corrected chi connectivity index (χ0v) is 18.1. The van der Waals surface area contributed by atoms with Gasteiger partial charge in [0.15, 0.2) is 17.3 Å². The van der Waals surface area contributed by atoms with Gasteiger partial charge in [-0.15, -0.1) is 10.2 Å². The van der Waals surface area contributed by atoms with Crippen LogP contribution in [0.25, 0.3) is 0 Å². The molecule has 1 N–H and O–H groups in total. The van der Waals surface area contributed by atoms with E-state index in [0.717, 1.165) is 11.8 Å². The number of nitrogens with zero attached hydrogens (tertiary/aromatic N) is 2. The van der Waals surface area contributed by atoms with E-state index in [1.54, 1.807) is 26.8 Å². The number of rotatable bonds is 7. The Labute approximate surface area is 182 Å². The molecule has 1 atom stereocenters. The largest absolute Gasteiger partial charge is 0.485 e. The summed E-state index contributed by atoms with van der Waals surface area (Å²) in [5.41, 5.74) is 1.80. The summed E-state index contributed by atoms with van der Waals surface area (Å²) in [6.45, 7) is 5.67. The predicted octanol–water partition coefficient (Wildman–Crippen LogP) is 3.68. The molecule has 0 amide bonds. The number of aromatic nitrogens is 3. The molecule has 1 aromatic carbocycles. The van der Waals surface area contributed by atoms with Crippen LogP contribution >= 0.6 is 11.8 Å². The van der Waals surface area contributed by atoms with E-state index in [4.69, 9.17) is 18.6 Å². The van der Waals surface area contributed by atoms with Crippen molar-refractivity contribution in [3.63, 3.8) is 0 Å². The number of hydrogen-bond acceptors (Lipinski definition) is 9. The second kappa shape index (κ2) is 8.84. The number of aromatic amines is 1. The summed E-state index contributed by atoms with van der Waals surface area (Å²) in [5, 5.41) is 8.24. The second-order valence-electron chi connectivity index (χ2n) is 6.83. The van der Waals surface area contributed by atoms with Gasteiger partial charge in [-0.05, 0) is 32.9 Å². The average Bonchev–Trinajstić information content (AvgIpc) is 3.35. The number of Topliss-reactive ketones (excluding diaryl/α,β-unsaturated/α-hetero) is 1. The Bertz CT molecular complexity index is 1120. The van der Waals surface area contributed by atoms with Gasteiger partial charge in [0.1, 0.15) is 6.61 Å². The molecule has 1 unspecified atom stereocenters. The minimum atomic E-state index is -0.530. The van der Waals surface area contributed by atoms with Crippen LogP contribution in [-0.4, -0.2) is 45.9 Å². The molecular formula is C21H21N3O6S. The molecule has 9 nitrogen and oxygen atoms in total. The zero-order chi connectivity index (χ0) is 22.0. The van der Waals surface area contributed by atoms with Gasteiger partial charge >= 0.3 is 5.97 Å². The summed E-state index contributed by atoms with van der Waals surface area (Å²) in [5.74, 6) is 0.801. The van der Waals surface area contributed by atoms with E-state index in [0.29, 0.717) is 28.5 Å². The van der Waals surface area contributed by atoms with E-state index >= 15 is 0 Å². The van der Waals surface area contributed by atoms with Crippen molar-refractivity contribution in [1.82, 2.24) is 15.2 Å². The third kappa shape index (κ3) is 4.29. The van der Waals surface area contributed by atoms with E-state index in [-0.39, 0.29) is 41.4 Å². The number of ether oxygens (including phenoxy) is 3. The lowest BCUT2D eigenvalue weighted by Gasteiger charge is -2.23. The number of nitrogens with one attached hydrogen (secondary N) is 1. The smallest absolute Gasteiger partial charge is 0.340 e. The van der Waals surface area contributed by atoms with E-state index in [9.17, 15) is 9.59 Å². The molecule has 0 saturated heterocycles. The summed E-state index contributed by atoms with van der Waals surface area (Å²) < 4.78 is 22.3. The fourth-order valence-corrected chi connectivity index (χ4v) is 3.98. The summed E-state index contributed by atoms with van der Waals surface area (Å²) in [4.78, 5) is 28.2. The number of carbonyl (C=O) groups excluding carboxylic acids is 2. The first-order valence-corrected chi connectivity index (χ1v) is 10.7. The van der Waals surface area contributed by atoms with Crippen molar-refractivity contribution in [2.24, 2.45) is 0 Å². The van der Waals surface area contributed by atoms with Crippen molar-refractivity contribution in [2.75, 3.05) is 19.0 Å². The van der Waals surface area contributed by atoms with Crippen LogP contribution in [-0.2, 0) is 4.74 Å². The maximum atomic E-state index is 12.8. The lowest BCUT2D eigenvalue weighted by molar-refractivity contribution is 0.0522. The number of esters is 1. The van der Waals surface area contributed by atoms with Crippen molar-refractivity contribution in [2.45, 2.75) is 32.1 Å². The molecular weight excluding hydrogens is 422 g/mol. The summed E-state index contributed by atoms with van der Waals surface area (Å²) >= 11 is 1.09. The van der Waals surface area contributed by atoms with Gasteiger partial charge in [0.25, 0.3) is 11.1 Å². The van der Waals surface area contributed by atoms with Crippen LogP contribution in [0.5, 0.6) is 11.5 Å². The van der Waals surface area contributed by atoms with Crippen molar-refractivity contribution in [1.29, 1.82) is 0 Å². The normalized spacial score (nSPS) is 15.0. The first-order valence-electron chi connectivity index (χ1n) is 9.72. The zero-order valence-electron chi connectivity index (χ0n) is 17.3. The van der Waals surface area contributed by atoms with Crippen LogP contribution in [0.2, 0.25) is 0 Å². The molecule has 10 heteroatoms. The summed E-state index contributed by atoms with van der Waals surface area (Å²) in [7, 11) is 0. The number of benzene rings is 1. The van der Waals surface area contributed by atoms with Gasteiger partial charge in [-0.1, -0.05) is 23.9 Å². The minimum Gasteiger partial charge on any atom is -0.485 e. The number of thioether (sulfide) groups is 1. The monoisotopic (exact) mass is 443 g/mol. The highest BCUT2D eigenvalue weighted by Crippen LogP contribution is 2.36. The first kappa shape index (κ1) is 21.0. The first-order chi connectivity index (χ1) is 15.0. The molecule has 4 rings (SSSR count). The molecule has 0 saturated carbocycles. The third-order valence-electron chi connectivity index (χ3n) is 4.67. The second-order valence-corrected chi connectivity index (χ2v) is 7.75. The van der Waals surface area contributed by atoms with Crippen molar-refractivity contribution < 1.29 is 28.2 Å². The topological polar surface area (TPSA) is 117 Å². The Morgan fingerprint density at radius 3 is 2.68 bits per heavy atom. The maximum Gasteiger partial charge on any atom is 0.340 e. The highest BCUT2D eigenvalue weighted by Gasteiger charge is 2.28. The predicted molar refractivity (Wildman–Crippen MR) is 111 cm³/mol. The average molecular weight is 443 g/mol. The van der Waals surface area contributed by atoms with Gasteiger partial charge < -0.3 is 23.6 Å². The fourth-order valence-electron chi connectivity index (χ4n) is 3.34. The molecule has 0 radical (unpaired) electrons. The van der Waals surface area contributed by atoms with E-state index in [2.05, 4.69) is 15.2 Å². The quantitative estimate of drug-likeness (QED) is 0.331. The van der Waals surface area contributed by atoms with Crippen LogP contribution in [0.1, 0.15) is 51.0 Å². The van der Waals surface area contributed by atoms with Gasteiger partial charge in [0, 0.05) is 11.4 Å². The summed E-state index contributed by atoms with van der Waals surface area (Å²) in [6, 6.07) is 7.33. The number of ketones is 1. The Morgan fingerprint density at radius 2 is 1.90 bits per heavy atom. The molecule has 1 aliphatic heterocycles. The highest BCUT2D eigenvalue weighted by molar-refractivity contribution is 7.99. The van der Waals surface area contributed by atoms with Gasteiger partial charge in [-0.2, -0.15) is 0 Å². The lowest BCUT2D eigenvalue weighted by Crippen LogP contribution is -2.21. The molecule has 0 bridgehead atoms. The highest BCUT2D eigenvalue weighted by atomic mass is 32.2. The van der Waals surface area contributed by atoms with Gasteiger partial charge in [-0.25, -0.2) is 4.79 Å². The van der Waals surface area contributed by atoms with Crippen LogP contribution in [0.15, 0.2) is 33.9 Å². The molecule has 0 fully saturated rings. The molecule has 2 aromatic heterocycles. The molecule has 31 heavy (non-hydrogen) atoms. The number of fused-ring (bicyclic) bond motifs is 1. The van der Waals surface area contributed by atoms with E-state index in [1.165, 1.54) is 0 Å². The lowest BCUT2D eigenvalue weighted by atomic mass is 10.1. The maximum absolute atomic E-state index is 12.8. The molecule has 162 valence electrons. The van der Waals surface area contributed by atoms with Crippen LogP contribution < -0.4 is 9.47 Å². The van der Waals surface area contributed by atoms with Crippen molar-refractivity contribution in [3.05, 3.63) is 52.7 Å². The Hall–Kier alpha value is -3.27. The Morgan fingerprint density at radius 1 is 1.16 bits per heavy atom. The Balaban J connectivity index is 1.43. The molecule has 1 aliphatic rings. The van der Waals surface area contributed by atoms with Gasteiger partial charge in [0.05, 0.1) is 23.5 Å². The molecule has 0 spiro atoms. The molecule has 3 aromatic rings. The standard InChI is InChI=1S/C21H21N3O6S/c1-4-27-20(26)18-12(3)22-11(2)17(18)13(25)10-31-21-24-23-19(30-21)16-9-28-14-7-5-6-8-15(14)29-16/h5-8,16,22H,4,9-10H2,1-3H3. The summed E-state index contributed by atoms with van der Waals surface area (Å²) in [6.07, 6.45) is -0.530. The van der Waals surface area contributed by atoms with Crippen LogP contribution in [0.4, 0.5) is 0 Å². The number of H-pyrrole nitrogens is 1. The fraction of sp³-hybridized carbons (Fsp3) is 0.333. The van der Waals surface area contributed by atoms with Gasteiger partial charge in [-0.3, -0.25) is 4.79 Å². The number of hydrogen-bond donors (Lipinski definition) is 1. The van der Waals surface area contributed by atoms with Crippen molar-refractivity contribution >= 4 is 23.5 Å². The Kier molecular flexibility index (Phi) is 5.99. The van der Waals surface area contributed by atoms with Crippen LogP contribution in [0.3, 0.4) is 0 Å². The van der Waals surface area contributed by atoms with E-state index < -0.39 is 12.1 Å². The third-order valence-corrected chi connectivity index (χ3v) is 5.48. The SMILES string of the molecule is CCOC(=O)c1c(C)[nH]c(C)c1C(=O)CSc1nnc(C2COc3ccccc3O2)o1. The minimum absolute atomic E-state index is 0.0248. The molecule has 0 aliphatic carbocycles. The number of carbonyl (C=O) groups is 2. The number of aryl methyl sites for hydroxylation is 2. The van der Waals surface area contributed by atoms with Crippen LogP contribution in [0, 0.1) is 13.8 Å². The van der Waals surface area contributed by atoms with Crippen molar-refractivity contribution in [3.8, 4) is 11.5 Å².